The first-order chi connectivity index (χ1) is 10.8. The van der Waals surface area contributed by atoms with Crippen molar-refractivity contribution >= 4 is 5.76 Å². The Morgan fingerprint density at radius 3 is 2.32 bits per heavy atom. The summed E-state index contributed by atoms with van der Waals surface area (Å²) in [5.41, 5.74) is 2.95. The van der Waals surface area contributed by atoms with Crippen LogP contribution in [0.25, 0.3) is 5.76 Å². The average Bonchev–Trinajstić information content (AvgIpc) is 2.93. The van der Waals surface area contributed by atoms with E-state index in [0.29, 0.717) is 0 Å². The molecule has 0 saturated heterocycles. The minimum atomic E-state index is 0.810. The molecule has 0 radical (unpaired) electrons. The molecule has 4 saturated carbocycles. The van der Waals surface area contributed by atoms with Crippen molar-refractivity contribution < 1.29 is 4.74 Å². The molecule has 0 N–H and O–H groups in total. The van der Waals surface area contributed by atoms with Gasteiger partial charge in [0, 0.05) is 12.1 Å². The van der Waals surface area contributed by atoms with Crippen molar-refractivity contribution in [3.63, 3.8) is 0 Å². The molecule has 4 fully saturated rings. The summed E-state index contributed by atoms with van der Waals surface area (Å²) in [6, 6.07) is 10.8. The summed E-state index contributed by atoms with van der Waals surface area (Å²) in [6.07, 6.45) is 2.86. The van der Waals surface area contributed by atoms with E-state index in [1.165, 1.54) is 24.2 Å². The molecule has 0 spiro atoms. The maximum atomic E-state index is 6.38. The highest BCUT2D eigenvalue weighted by Crippen LogP contribution is 2.74. The Morgan fingerprint density at radius 2 is 1.77 bits per heavy atom. The Morgan fingerprint density at radius 1 is 1.09 bits per heavy atom. The lowest BCUT2D eigenvalue weighted by atomic mass is 10.0. The number of hydrogen-bond donors (Lipinski definition) is 0. The molecule has 0 heterocycles. The highest BCUT2D eigenvalue weighted by Gasteiger charge is 2.66. The van der Waals surface area contributed by atoms with E-state index in [9.17, 15) is 0 Å². The molecule has 0 aromatic heterocycles. The Kier molecular flexibility index (Phi) is 3.73. The first-order valence-electron chi connectivity index (χ1n) is 8.98. The lowest BCUT2D eigenvalue weighted by molar-refractivity contribution is 0.200. The van der Waals surface area contributed by atoms with E-state index in [-0.39, 0.29) is 0 Å². The van der Waals surface area contributed by atoms with E-state index in [2.05, 4.69) is 49.1 Å². The van der Waals surface area contributed by atoms with Gasteiger partial charge in [0.05, 0.1) is 0 Å². The highest BCUT2D eigenvalue weighted by molar-refractivity contribution is 5.67. The van der Waals surface area contributed by atoms with E-state index in [1.54, 1.807) is 5.57 Å². The van der Waals surface area contributed by atoms with E-state index < -0.39 is 0 Å². The van der Waals surface area contributed by atoms with Gasteiger partial charge < -0.3 is 9.64 Å². The quantitative estimate of drug-likeness (QED) is 0.704. The van der Waals surface area contributed by atoms with Gasteiger partial charge in [-0.1, -0.05) is 44.2 Å². The molecule has 5 rings (SSSR count). The monoisotopic (exact) mass is 297 g/mol. The van der Waals surface area contributed by atoms with Crippen LogP contribution in [0.5, 0.6) is 0 Å². The van der Waals surface area contributed by atoms with Crippen LogP contribution < -0.4 is 0 Å². The predicted molar refractivity (Wildman–Crippen MR) is 90.3 cm³/mol. The van der Waals surface area contributed by atoms with Gasteiger partial charge in [0.15, 0.2) is 0 Å². The van der Waals surface area contributed by atoms with Gasteiger partial charge in [-0.15, -0.1) is 0 Å². The molecule has 0 aliphatic heterocycles. The van der Waals surface area contributed by atoms with Crippen molar-refractivity contribution in [2.75, 3.05) is 26.2 Å². The fourth-order valence-electron chi connectivity index (χ4n) is 4.90. The number of likely N-dealkylation sites (N-methyl/N-ethyl adjacent to an activating group) is 1. The van der Waals surface area contributed by atoms with Crippen LogP contribution in [0.1, 0.15) is 32.3 Å². The molecule has 2 unspecified atom stereocenters. The van der Waals surface area contributed by atoms with Crippen molar-refractivity contribution in [3.05, 3.63) is 41.5 Å². The zero-order valence-corrected chi connectivity index (χ0v) is 13.8. The third-order valence-corrected chi connectivity index (χ3v) is 6.09. The van der Waals surface area contributed by atoms with E-state index in [0.717, 1.165) is 49.9 Å². The Hall–Kier alpha value is -1.28. The van der Waals surface area contributed by atoms with Gasteiger partial charge in [0.2, 0.25) is 0 Å². The molecule has 2 nitrogen and oxygen atoms in total. The summed E-state index contributed by atoms with van der Waals surface area (Å²) >= 11 is 0. The first kappa shape index (κ1) is 14.3. The van der Waals surface area contributed by atoms with Crippen LogP contribution in [0.15, 0.2) is 35.9 Å². The molecule has 1 aromatic carbocycles. The summed E-state index contributed by atoms with van der Waals surface area (Å²) < 4.78 is 6.38. The second kappa shape index (κ2) is 5.73. The van der Waals surface area contributed by atoms with Crippen LogP contribution in [0, 0.1) is 23.7 Å². The third-order valence-electron chi connectivity index (χ3n) is 6.09. The molecule has 118 valence electrons. The van der Waals surface area contributed by atoms with E-state index in [4.69, 9.17) is 4.74 Å². The summed E-state index contributed by atoms with van der Waals surface area (Å²) in [5, 5.41) is 0. The van der Waals surface area contributed by atoms with Crippen LogP contribution >= 0.6 is 0 Å². The van der Waals surface area contributed by atoms with Gasteiger partial charge >= 0.3 is 0 Å². The summed E-state index contributed by atoms with van der Waals surface area (Å²) in [6.45, 7) is 8.49. The molecule has 2 atom stereocenters. The number of benzene rings is 1. The minimum Gasteiger partial charge on any atom is -0.492 e. The lowest BCUT2D eigenvalue weighted by Gasteiger charge is -2.21. The van der Waals surface area contributed by atoms with Crippen molar-refractivity contribution in [2.45, 2.75) is 26.7 Å². The first-order valence-corrected chi connectivity index (χ1v) is 8.98. The number of ether oxygens (including phenoxy) is 1. The number of hydrogen-bond acceptors (Lipinski definition) is 2. The van der Waals surface area contributed by atoms with E-state index >= 15 is 0 Å². The number of allylic oxidation sites excluding steroid dienone is 1. The number of rotatable bonds is 7. The molecule has 4 aliphatic carbocycles. The van der Waals surface area contributed by atoms with Gasteiger partial charge in [-0.2, -0.15) is 0 Å². The topological polar surface area (TPSA) is 12.5 Å². The fraction of sp³-hybridized carbons (Fsp3) is 0.600. The van der Waals surface area contributed by atoms with Gasteiger partial charge in [0.25, 0.3) is 0 Å². The van der Waals surface area contributed by atoms with Crippen molar-refractivity contribution in [1.82, 2.24) is 4.90 Å². The van der Waals surface area contributed by atoms with Gasteiger partial charge in [-0.25, -0.2) is 0 Å². The molecule has 22 heavy (non-hydrogen) atoms. The summed E-state index contributed by atoms with van der Waals surface area (Å²) in [7, 11) is 0. The van der Waals surface area contributed by atoms with Crippen LogP contribution in [-0.2, 0) is 4.74 Å². The second-order valence-electron chi connectivity index (χ2n) is 7.05. The van der Waals surface area contributed by atoms with Gasteiger partial charge in [-0.3, -0.25) is 0 Å². The molecule has 1 aromatic rings. The molecule has 2 heteroatoms. The minimum absolute atomic E-state index is 0.810. The van der Waals surface area contributed by atoms with Crippen LogP contribution in [-0.4, -0.2) is 31.1 Å². The number of nitrogens with zero attached hydrogens (tertiary/aromatic N) is 1. The van der Waals surface area contributed by atoms with E-state index in [1.807, 2.05) is 0 Å². The maximum Gasteiger partial charge on any atom is 0.126 e. The van der Waals surface area contributed by atoms with Crippen LogP contribution in [0.4, 0.5) is 0 Å². The molecule has 4 aliphatic rings. The molecular formula is C20H27NO. The lowest BCUT2D eigenvalue weighted by Crippen LogP contribution is -2.27. The summed E-state index contributed by atoms with van der Waals surface area (Å²) in [4.78, 5) is 2.43. The van der Waals surface area contributed by atoms with Crippen LogP contribution in [0.2, 0.25) is 0 Å². The fourth-order valence-corrected chi connectivity index (χ4v) is 4.90. The predicted octanol–water partition coefficient (Wildman–Crippen LogP) is 4.04. The molecular weight excluding hydrogens is 270 g/mol. The normalized spacial score (nSPS) is 33.4. The molecule has 0 amide bonds. The maximum absolute atomic E-state index is 6.38. The largest absolute Gasteiger partial charge is 0.492 e. The SMILES string of the molecule is CCN(CC)CCO/C(=C1\C2CC3C(C2)C13)c1ccccc1. The van der Waals surface area contributed by atoms with Crippen molar-refractivity contribution in [3.8, 4) is 0 Å². The Labute approximate surface area is 134 Å². The average molecular weight is 297 g/mol. The van der Waals surface area contributed by atoms with Crippen molar-refractivity contribution in [1.29, 1.82) is 0 Å². The van der Waals surface area contributed by atoms with Gasteiger partial charge in [0.1, 0.15) is 12.4 Å². The smallest absolute Gasteiger partial charge is 0.126 e. The molecule has 4 bridgehead atoms. The Bertz CT molecular complexity index is 544. The standard InChI is InChI=1S/C20H27NO/c1-3-21(4-2)10-11-22-20(14-8-6-5-7-9-14)18-15-12-16-17(13-15)19(16)18/h5-9,15-17,19H,3-4,10-13H2,1-2H3/b20-18+. The Balaban J connectivity index is 1.54. The zero-order valence-electron chi connectivity index (χ0n) is 13.8. The third kappa shape index (κ3) is 2.28. The van der Waals surface area contributed by atoms with Gasteiger partial charge in [-0.05, 0) is 55.2 Å². The van der Waals surface area contributed by atoms with Crippen LogP contribution in [0.3, 0.4) is 0 Å². The highest BCUT2D eigenvalue weighted by atomic mass is 16.5. The summed E-state index contributed by atoms with van der Waals surface area (Å²) in [5.74, 6) is 4.93. The zero-order chi connectivity index (χ0) is 15.1. The van der Waals surface area contributed by atoms with Crippen molar-refractivity contribution in [2.24, 2.45) is 23.7 Å². The second-order valence-corrected chi connectivity index (χ2v) is 7.05.